The molecule has 2 aromatic heterocycles. The number of piperidine rings is 1. The summed E-state index contributed by atoms with van der Waals surface area (Å²) >= 11 is 0. The van der Waals surface area contributed by atoms with E-state index in [4.69, 9.17) is 0 Å². The highest BCUT2D eigenvalue weighted by atomic mass is 15.3. The summed E-state index contributed by atoms with van der Waals surface area (Å²) in [4.78, 5) is 11.6. The lowest BCUT2D eigenvalue weighted by Crippen LogP contribution is -2.31. The van der Waals surface area contributed by atoms with Crippen LogP contribution in [0.2, 0.25) is 0 Å². The molecule has 106 valence electrons. The summed E-state index contributed by atoms with van der Waals surface area (Å²) < 4.78 is 1.99. The van der Waals surface area contributed by atoms with Crippen LogP contribution in [0.4, 0.5) is 0 Å². The van der Waals surface area contributed by atoms with Gasteiger partial charge in [0, 0.05) is 37.6 Å². The summed E-state index contributed by atoms with van der Waals surface area (Å²) in [5, 5.41) is 4.35. The van der Waals surface area contributed by atoms with E-state index in [2.05, 4.69) is 33.9 Å². The molecule has 1 aliphatic rings. The van der Waals surface area contributed by atoms with Crippen molar-refractivity contribution in [3.63, 3.8) is 0 Å². The van der Waals surface area contributed by atoms with Crippen LogP contribution < -0.4 is 0 Å². The maximum absolute atomic E-state index is 4.64. The van der Waals surface area contributed by atoms with Gasteiger partial charge in [0.05, 0.1) is 11.4 Å². The number of aromatic nitrogens is 4. The van der Waals surface area contributed by atoms with Gasteiger partial charge < -0.3 is 4.90 Å². The van der Waals surface area contributed by atoms with E-state index in [1.807, 2.05) is 16.9 Å². The van der Waals surface area contributed by atoms with Gasteiger partial charge in [-0.05, 0) is 39.4 Å². The molecule has 3 heterocycles. The Morgan fingerprint density at radius 1 is 1.25 bits per heavy atom. The summed E-state index contributed by atoms with van der Waals surface area (Å²) in [5.41, 5.74) is 3.19. The van der Waals surface area contributed by atoms with Gasteiger partial charge in [0.1, 0.15) is 5.69 Å². The summed E-state index contributed by atoms with van der Waals surface area (Å²) in [6.45, 7) is 5.19. The molecule has 5 nitrogen and oxygen atoms in total. The third-order valence-corrected chi connectivity index (χ3v) is 4.00. The molecule has 5 heteroatoms. The summed E-state index contributed by atoms with van der Waals surface area (Å²) in [7, 11) is 2.18. The molecule has 1 atom stereocenters. The topological polar surface area (TPSA) is 46.8 Å². The van der Waals surface area contributed by atoms with Gasteiger partial charge >= 0.3 is 0 Å². The Balaban J connectivity index is 2.00. The largest absolute Gasteiger partial charge is 0.306 e. The molecular weight excluding hydrogens is 250 g/mol. The van der Waals surface area contributed by atoms with Crippen LogP contribution in [0.15, 0.2) is 24.7 Å². The van der Waals surface area contributed by atoms with Gasteiger partial charge in [-0.2, -0.15) is 5.10 Å². The van der Waals surface area contributed by atoms with Crippen molar-refractivity contribution in [3.05, 3.63) is 30.4 Å². The predicted octanol–water partition coefficient (Wildman–Crippen LogP) is 2.17. The van der Waals surface area contributed by atoms with Crippen LogP contribution in [-0.4, -0.2) is 44.8 Å². The number of nitrogens with zero attached hydrogens (tertiary/aromatic N) is 5. The number of aryl methyl sites for hydroxylation is 1. The Morgan fingerprint density at radius 2 is 2.10 bits per heavy atom. The number of likely N-dealkylation sites (tertiary alicyclic amines) is 1. The van der Waals surface area contributed by atoms with Crippen molar-refractivity contribution in [2.24, 2.45) is 0 Å². The third kappa shape index (κ3) is 2.45. The Morgan fingerprint density at radius 3 is 2.90 bits per heavy atom. The standard InChI is InChI=1S/C15H21N5/c1-3-20-13(6-7-18-20)15-14(16-8-9-17-15)12-5-4-10-19(2)11-12/h6-9,12H,3-5,10-11H2,1-2H3. The van der Waals surface area contributed by atoms with Gasteiger partial charge in [-0.15, -0.1) is 0 Å². The second kappa shape index (κ2) is 5.71. The van der Waals surface area contributed by atoms with Crippen molar-refractivity contribution in [2.45, 2.75) is 32.2 Å². The molecule has 0 N–H and O–H groups in total. The molecule has 1 saturated heterocycles. The zero-order valence-electron chi connectivity index (χ0n) is 12.2. The molecule has 0 aliphatic carbocycles. The minimum atomic E-state index is 0.470. The molecule has 0 spiro atoms. The molecule has 0 aromatic carbocycles. The first-order valence-electron chi connectivity index (χ1n) is 7.31. The lowest BCUT2D eigenvalue weighted by molar-refractivity contribution is 0.248. The molecule has 1 aliphatic heterocycles. The Hall–Kier alpha value is -1.75. The first-order chi connectivity index (χ1) is 9.79. The minimum Gasteiger partial charge on any atom is -0.306 e. The first kappa shape index (κ1) is 13.2. The van der Waals surface area contributed by atoms with E-state index >= 15 is 0 Å². The predicted molar refractivity (Wildman–Crippen MR) is 78.4 cm³/mol. The highest BCUT2D eigenvalue weighted by Gasteiger charge is 2.24. The lowest BCUT2D eigenvalue weighted by atomic mass is 9.93. The lowest BCUT2D eigenvalue weighted by Gasteiger charge is -2.30. The van der Waals surface area contributed by atoms with Crippen LogP contribution in [0.25, 0.3) is 11.4 Å². The van der Waals surface area contributed by atoms with Crippen molar-refractivity contribution >= 4 is 0 Å². The molecule has 1 fully saturated rings. The van der Waals surface area contributed by atoms with E-state index in [0.717, 1.165) is 30.2 Å². The number of likely N-dealkylation sites (N-methyl/N-ethyl adjacent to an activating group) is 1. The van der Waals surface area contributed by atoms with Gasteiger partial charge in [-0.1, -0.05) is 0 Å². The number of hydrogen-bond donors (Lipinski definition) is 0. The SMILES string of the molecule is CCn1nccc1-c1nccnc1C1CCCN(C)C1. The number of hydrogen-bond acceptors (Lipinski definition) is 4. The Kier molecular flexibility index (Phi) is 3.78. The normalized spacial score (nSPS) is 20.2. The van der Waals surface area contributed by atoms with Crippen molar-refractivity contribution in [1.82, 2.24) is 24.6 Å². The molecule has 0 saturated carbocycles. The molecule has 1 unspecified atom stereocenters. The maximum atomic E-state index is 4.64. The minimum absolute atomic E-state index is 0.470. The van der Waals surface area contributed by atoms with Crippen LogP contribution in [0, 0.1) is 0 Å². The first-order valence-corrected chi connectivity index (χ1v) is 7.31. The van der Waals surface area contributed by atoms with Gasteiger partial charge in [-0.25, -0.2) is 0 Å². The number of rotatable bonds is 3. The molecule has 20 heavy (non-hydrogen) atoms. The smallest absolute Gasteiger partial charge is 0.110 e. The average molecular weight is 271 g/mol. The van der Waals surface area contributed by atoms with E-state index in [0.29, 0.717) is 5.92 Å². The van der Waals surface area contributed by atoms with Crippen molar-refractivity contribution in [2.75, 3.05) is 20.1 Å². The zero-order valence-corrected chi connectivity index (χ0v) is 12.2. The Labute approximate surface area is 119 Å². The monoisotopic (exact) mass is 271 g/mol. The second-order valence-electron chi connectivity index (χ2n) is 5.42. The van der Waals surface area contributed by atoms with Gasteiger partial charge in [0.15, 0.2) is 0 Å². The quantitative estimate of drug-likeness (QED) is 0.858. The van der Waals surface area contributed by atoms with Crippen molar-refractivity contribution < 1.29 is 0 Å². The van der Waals surface area contributed by atoms with Crippen molar-refractivity contribution in [1.29, 1.82) is 0 Å². The van der Waals surface area contributed by atoms with Gasteiger partial charge in [0.25, 0.3) is 0 Å². The average Bonchev–Trinajstić information content (AvgIpc) is 2.95. The van der Waals surface area contributed by atoms with Gasteiger partial charge in [-0.3, -0.25) is 14.6 Å². The van der Waals surface area contributed by atoms with Crippen LogP contribution >= 0.6 is 0 Å². The molecule has 3 rings (SSSR count). The molecular formula is C15H21N5. The summed E-state index contributed by atoms with van der Waals surface area (Å²) in [5.74, 6) is 0.470. The van der Waals surface area contributed by atoms with Crippen LogP contribution in [0.1, 0.15) is 31.4 Å². The highest BCUT2D eigenvalue weighted by Crippen LogP contribution is 2.31. The molecule has 0 amide bonds. The van der Waals surface area contributed by atoms with E-state index in [9.17, 15) is 0 Å². The van der Waals surface area contributed by atoms with E-state index in [1.54, 1.807) is 12.4 Å². The van der Waals surface area contributed by atoms with Crippen molar-refractivity contribution in [3.8, 4) is 11.4 Å². The third-order valence-electron chi connectivity index (χ3n) is 4.00. The van der Waals surface area contributed by atoms with E-state index in [-0.39, 0.29) is 0 Å². The van der Waals surface area contributed by atoms with E-state index in [1.165, 1.54) is 19.4 Å². The van der Waals surface area contributed by atoms with E-state index < -0.39 is 0 Å². The van der Waals surface area contributed by atoms with Crippen LogP contribution in [-0.2, 0) is 6.54 Å². The van der Waals surface area contributed by atoms with Gasteiger partial charge in [0.2, 0.25) is 0 Å². The second-order valence-corrected chi connectivity index (χ2v) is 5.42. The fraction of sp³-hybridized carbons (Fsp3) is 0.533. The summed E-state index contributed by atoms with van der Waals surface area (Å²) in [6, 6.07) is 2.03. The fourth-order valence-corrected chi connectivity index (χ4v) is 3.02. The Bertz CT molecular complexity index is 577. The fourth-order valence-electron chi connectivity index (χ4n) is 3.02. The van der Waals surface area contributed by atoms with Crippen LogP contribution in [0.3, 0.4) is 0 Å². The molecule has 2 aromatic rings. The maximum Gasteiger partial charge on any atom is 0.110 e. The van der Waals surface area contributed by atoms with Crippen LogP contribution in [0.5, 0.6) is 0 Å². The molecule has 0 bridgehead atoms. The zero-order chi connectivity index (χ0) is 13.9. The summed E-state index contributed by atoms with van der Waals surface area (Å²) in [6.07, 6.45) is 7.84. The highest BCUT2D eigenvalue weighted by molar-refractivity contribution is 5.57. The molecule has 0 radical (unpaired) electrons.